The quantitative estimate of drug-likeness (QED) is 0.219. The summed E-state index contributed by atoms with van der Waals surface area (Å²) in [6, 6.07) is -0.286. The fraction of sp³-hybridized carbons (Fsp3) is 0.900. The van der Waals surface area contributed by atoms with Gasteiger partial charge in [0.2, 0.25) is 0 Å². The molecule has 0 spiro atoms. The number of hydrogen-bond acceptors (Lipinski definition) is 9. The van der Waals surface area contributed by atoms with E-state index >= 15 is 0 Å². The molecule has 3 aliphatic rings. The van der Waals surface area contributed by atoms with Gasteiger partial charge in [-0.15, -0.1) is 0 Å². The largest absolute Gasteiger partial charge is 0.412 e. The number of aliphatic hydroxyl groups is 3. The van der Waals surface area contributed by atoms with Crippen LogP contribution in [-0.2, 0) is 4.74 Å². The Balaban J connectivity index is 0.00000161. The van der Waals surface area contributed by atoms with Crippen LogP contribution in [0.1, 0.15) is 0 Å². The van der Waals surface area contributed by atoms with Gasteiger partial charge in [-0.05, 0) is 0 Å². The second-order valence-corrected chi connectivity index (χ2v) is 5.53. The van der Waals surface area contributed by atoms with Crippen LogP contribution >= 0.6 is 11.6 Å². The fourth-order valence-corrected chi connectivity index (χ4v) is 3.05. The Labute approximate surface area is 125 Å². The summed E-state index contributed by atoms with van der Waals surface area (Å²) in [6.07, 6.45) is -3.22. The molecule has 122 valence electrons. The monoisotopic (exact) mass is 325 g/mol. The van der Waals surface area contributed by atoms with Crippen LogP contribution in [0.25, 0.3) is 0 Å². The van der Waals surface area contributed by atoms with Crippen molar-refractivity contribution in [1.29, 1.82) is 0 Å². The molecule has 2 fully saturated rings. The van der Waals surface area contributed by atoms with E-state index in [-0.39, 0.29) is 24.3 Å². The molecule has 3 heterocycles. The number of alkyl halides is 1. The molecule has 3 aliphatic heterocycles. The van der Waals surface area contributed by atoms with Crippen LogP contribution < -0.4 is 16.4 Å². The van der Waals surface area contributed by atoms with Crippen molar-refractivity contribution in [2.75, 3.05) is 6.61 Å². The third-order valence-electron chi connectivity index (χ3n) is 3.85. The van der Waals surface area contributed by atoms with Crippen LogP contribution in [-0.4, -0.2) is 87.2 Å². The van der Waals surface area contributed by atoms with Gasteiger partial charge in [-0.3, -0.25) is 15.6 Å². The molecular formula is C10H20ClN5O5. The van der Waals surface area contributed by atoms with Crippen LogP contribution in [0.15, 0.2) is 4.99 Å². The standard InChI is InChI=1S/C10H18ClN5O4.H2O/c11-10-14-7(12)4-8(15-10)16(2-13-4)9-6(19)5(18)3(1-17)20-9;/h2-10,14-15,17-19H,1,12H2;1H2. The van der Waals surface area contributed by atoms with E-state index in [2.05, 4.69) is 15.6 Å². The minimum Gasteiger partial charge on any atom is -0.412 e. The van der Waals surface area contributed by atoms with Crippen molar-refractivity contribution in [3.63, 3.8) is 0 Å². The number of aliphatic imine (C=N–C) groups is 1. The zero-order valence-electron chi connectivity index (χ0n) is 11.0. The van der Waals surface area contributed by atoms with E-state index in [0.717, 1.165) is 0 Å². The van der Waals surface area contributed by atoms with Gasteiger partial charge in [0, 0.05) is 0 Å². The Hall–Kier alpha value is -0.560. The summed E-state index contributed by atoms with van der Waals surface area (Å²) in [4.78, 5) is 5.90. The Morgan fingerprint density at radius 2 is 2.05 bits per heavy atom. The van der Waals surface area contributed by atoms with Gasteiger partial charge in [-0.1, -0.05) is 11.6 Å². The highest BCUT2D eigenvalue weighted by Gasteiger charge is 2.50. The molecule has 0 aromatic carbocycles. The van der Waals surface area contributed by atoms with Gasteiger partial charge >= 0.3 is 0 Å². The minimum absolute atomic E-state index is 0. The number of nitrogens with two attached hydrogens (primary N) is 1. The summed E-state index contributed by atoms with van der Waals surface area (Å²) >= 11 is 5.99. The van der Waals surface area contributed by atoms with E-state index in [1.807, 2.05) is 0 Å². The highest BCUT2D eigenvalue weighted by atomic mass is 35.5. The molecule has 8 unspecified atom stereocenters. The topological polar surface area (TPSA) is 167 Å². The van der Waals surface area contributed by atoms with E-state index in [0.29, 0.717) is 0 Å². The minimum atomic E-state index is -1.15. The number of nitrogens with zero attached hydrogens (tertiary/aromatic N) is 2. The van der Waals surface area contributed by atoms with Gasteiger partial charge in [0.05, 0.1) is 19.1 Å². The Morgan fingerprint density at radius 1 is 1.33 bits per heavy atom. The summed E-state index contributed by atoms with van der Waals surface area (Å²) in [5, 5.41) is 34.9. The highest BCUT2D eigenvalue weighted by molar-refractivity contribution is 6.20. The van der Waals surface area contributed by atoms with Crippen molar-refractivity contribution >= 4 is 17.9 Å². The Morgan fingerprint density at radius 3 is 2.67 bits per heavy atom. The first-order chi connectivity index (χ1) is 9.52. The first-order valence-electron chi connectivity index (χ1n) is 6.38. The lowest BCUT2D eigenvalue weighted by atomic mass is 10.1. The summed E-state index contributed by atoms with van der Waals surface area (Å²) in [5.74, 6) is 0. The summed E-state index contributed by atoms with van der Waals surface area (Å²) in [6.45, 7) is -0.375. The van der Waals surface area contributed by atoms with Crippen LogP contribution in [0, 0.1) is 0 Å². The molecule has 3 rings (SSSR count). The molecule has 0 radical (unpaired) electrons. The van der Waals surface area contributed by atoms with E-state index in [4.69, 9.17) is 27.2 Å². The lowest BCUT2D eigenvalue weighted by molar-refractivity contribution is -0.0876. The van der Waals surface area contributed by atoms with Gasteiger partial charge in [-0.2, -0.15) is 0 Å². The van der Waals surface area contributed by atoms with Crippen LogP contribution in [0.2, 0.25) is 0 Å². The number of ether oxygens (including phenoxy) is 1. The summed E-state index contributed by atoms with van der Waals surface area (Å²) < 4.78 is 5.48. The molecule has 0 bridgehead atoms. The number of fused-ring (bicyclic) bond motifs is 1. The average Bonchev–Trinajstić information content (AvgIpc) is 2.93. The van der Waals surface area contributed by atoms with Crippen molar-refractivity contribution < 1.29 is 25.5 Å². The molecule has 11 heteroatoms. The lowest BCUT2D eigenvalue weighted by Gasteiger charge is -2.41. The molecule has 10 nitrogen and oxygen atoms in total. The van der Waals surface area contributed by atoms with E-state index in [1.165, 1.54) is 6.34 Å². The second kappa shape index (κ2) is 6.28. The zero-order valence-corrected chi connectivity index (χ0v) is 11.8. The molecule has 8 atom stereocenters. The first-order valence-corrected chi connectivity index (χ1v) is 6.81. The number of nitrogens with one attached hydrogen (secondary N) is 2. The number of rotatable bonds is 2. The molecule has 0 amide bonds. The molecule has 9 N–H and O–H groups in total. The van der Waals surface area contributed by atoms with E-state index in [1.54, 1.807) is 4.90 Å². The lowest BCUT2D eigenvalue weighted by Crippen LogP contribution is -2.70. The van der Waals surface area contributed by atoms with Gasteiger partial charge in [-0.25, -0.2) is 0 Å². The highest BCUT2D eigenvalue weighted by Crippen LogP contribution is 2.29. The molecule has 0 aromatic heterocycles. The van der Waals surface area contributed by atoms with Gasteiger partial charge in [0.15, 0.2) is 6.23 Å². The van der Waals surface area contributed by atoms with Gasteiger partial charge in [0.1, 0.15) is 36.1 Å². The number of hydrogen-bond donors (Lipinski definition) is 6. The maximum atomic E-state index is 10.0. The van der Waals surface area contributed by atoms with Crippen LogP contribution in [0.5, 0.6) is 0 Å². The van der Waals surface area contributed by atoms with Crippen molar-refractivity contribution in [1.82, 2.24) is 15.5 Å². The van der Waals surface area contributed by atoms with Crippen molar-refractivity contribution in [3.8, 4) is 0 Å². The number of aliphatic hydroxyl groups excluding tert-OH is 3. The van der Waals surface area contributed by atoms with Crippen molar-refractivity contribution in [2.24, 2.45) is 10.7 Å². The molecule has 0 aromatic rings. The maximum Gasteiger partial charge on any atom is 0.161 e. The van der Waals surface area contributed by atoms with Crippen LogP contribution in [0.3, 0.4) is 0 Å². The van der Waals surface area contributed by atoms with E-state index < -0.39 is 36.3 Å². The van der Waals surface area contributed by atoms with Crippen molar-refractivity contribution in [3.05, 3.63) is 0 Å². The zero-order chi connectivity index (χ0) is 14.4. The van der Waals surface area contributed by atoms with Gasteiger partial charge in [0.25, 0.3) is 0 Å². The molecule has 0 aliphatic carbocycles. The maximum absolute atomic E-state index is 10.0. The predicted molar refractivity (Wildman–Crippen MR) is 73.2 cm³/mol. The Kier molecular flexibility index (Phi) is 5.03. The van der Waals surface area contributed by atoms with E-state index in [9.17, 15) is 10.2 Å². The SMILES string of the molecule is NC1NC(Cl)NC2C1N=CN2C1OC(CO)C(O)C1O.O. The number of halogens is 1. The first kappa shape index (κ1) is 16.8. The predicted octanol–water partition coefficient (Wildman–Crippen LogP) is -4.36. The normalized spacial score (nSPS) is 49.1. The molecular weight excluding hydrogens is 306 g/mol. The second-order valence-electron chi connectivity index (χ2n) is 5.10. The average molecular weight is 326 g/mol. The molecule has 21 heavy (non-hydrogen) atoms. The fourth-order valence-electron chi connectivity index (χ4n) is 2.77. The third-order valence-corrected chi connectivity index (χ3v) is 4.10. The van der Waals surface area contributed by atoms with Crippen molar-refractivity contribution in [2.45, 2.75) is 48.5 Å². The smallest absolute Gasteiger partial charge is 0.161 e. The summed E-state index contributed by atoms with van der Waals surface area (Å²) in [7, 11) is 0. The molecule has 2 saturated heterocycles. The molecule has 0 saturated carbocycles. The summed E-state index contributed by atoms with van der Waals surface area (Å²) in [5.41, 5.74) is 5.38. The van der Waals surface area contributed by atoms with Crippen LogP contribution in [0.4, 0.5) is 0 Å². The Bertz CT molecular complexity index is 404. The van der Waals surface area contributed by atoms with Gasteiger partial charge < -0.3 is 36.2 Å². The third kappa shape index (κ3) is 2.74.